The molecule has 1 aromatic carbocycles. The van der Waals surface area contributed by atoms with Crippen molar-refractivity contribution in [3.05, 3.63) is 54.4 Å². The molecule has 23 heavy (non-hydrogen) atoms. The molecule has 0 fully saturated rings. The number of unbranched alkanes of at least 4 members (excludes halogenated alkanes) is 1. The molecule has 0 bridgehead atoms. The maximum Gasteiger partial charge on any atom is 0.235 e. The highest BCUT2D eigenvalue weighted by Gasteiger charge is 2.24. The van der Waals surface area contributed by atoms with Crippen molar-refractivity contribution in [1.82, 2.24) is 4.98 Å². The van der Waals surface area contributed by atoms with Crippen LogP contribution in [-0.4, -0.2) is 17.5 Å². The van der Waals surface area contributed by atoms with Crippen molar-refractivity contribution < 1.29 is 14.3 Å². The van der Waals surface area contributed by atoms with Crippen LogP contribution in [0.25, 0.3) is 0 Å². The topological polar surface area (TPSA) is 52.9 Å². The van der Waals surface area contributed by atoms with E-state index < -0.39 is 0 Å². The van der Waals surface area contributed by atoms with Crippen molar-refractivity contribution in [1.29, 1.82) is 0 Å². The van der Waals surface area contributed by atoms with Gasteiger partial charge >= 0.3 is 0 Å². The highest BCUT2D eigenvalue weighted by Crippen LogP contribution is 2.29. The molecule has 1 atom stereocenters. The van der Waals surface area contributed by atoms with E-state index in [1.54, 1.807) is 12.4 Å². The molecule has 120 valence electrons. The van der Waals surface area contributed by atoms with Crippen LogP contribution in [0.5, 0.6) is 11.5 Å². The molecule has 1 aliphatic heterocycles. The fourth-order valence-corrected chi connectivity index (χ4v) is 2.25. The zero-order chi connectivity index (χ0) is 15.9. The highest BCUT2D eigenvalue weighted by atomic mass is 16.7. The number of ether oxygens (including phenoxy) is 2. The Morgan fingerprint density at radius 3 is 2.78 bits per heavy atom. The Hall–Kier alpha value is -2.56. The smallest absolute Gasteiger partial charge is 0.235 e. The first-order chi connectivity index (χ1) is 11.3. The summed E-state index contributed by atoms with van der Waals surface area (Å²) in [6.07, 6.45) is 6.03. The van der Waals surface area contributed by atoms with E-state index in [2.05, 4.69) is 17.1 Å². The van der Waals surface area contributed by atoms with E-state index in [9.17, 15) is 0 Å². The largest absolute Gasteiger partial charge is 0.494 e. The van der Waals surface area contributed by atoms with Crippen LogP contribution < -0.4 is 9.47 Å². The number of hydrogen-bond acceptors (Lipinski definition) is 5. The molecule has 2 aromatic rings. The van der Waals surface area contributed by atoms with Crippen LogP contribution >= 0.6 is 0 Å². The standard InChI is InChI=1S/C18H20N2O3/c1-2-3-11-21-15-8-6-14(7-9-15)17-12-18(20-23-17)22-16-5-4-10-19-13-16/h4-10,13,17H,2-3,11-12H2,1H3/t17-/m1/s1. The third-order valence-corrected chi connectivity index (χ3v) is 3.53. The Balaban J connectivity index is 1.53. The van der Waals surface area contributed by atoms with E-state index in [0.717, 1.165) is 30.8 Å². The summed E-state index contributed by atoms with van der Waals surface area (Å²) in [6.45, 7) is 2.90. The minimum Gasteiger partial charge on any atom is -0.494 e. The predicted octanol–water partition coefficient (Wildman–Crippen LogP) is 4.11. The summed E-state index contributed by atoms with van der Waals surface area (Å²) >= 11 is 0. The molecule has 0 unspecified atom stereocenters. The third-order valence-electron chi connectivity index (χ3n) is 3.53. The number of benzene rings is 1. The van der Waals surface area contributed by atoms with E-state index in [1.165, 1.54) is 0 Å². The van der Waals surface area contributed by atoms with Gasteiger partial charge in [-0.05, 0) is 36.2 Å². The molecular formula is C18H20N2O3. The minimum absolute atomic E-state index is 0.119. The van der Waals surface area contributed by atoms with E-state index in [4.69, 9.17) is 14.3 Å². The molecule has 5 nitrogen and oxygen atoms in total. The van der Waals surface area contributed by atoms with Gasteiger partial charge in [0.2, 0.25) is 5.90 Å². The Bertz CT molecular complexity index is 641. The van der Waals surface area contributed by atoms with Crippen molar-refractivity contribution in [2.75, 3.05) is 6.61 Å². The lowest BCUT2D eigenvalue weighted by atomic mass is 10.1. The minimum atomic E-state index is -0.119. The van der Waals surface area contributed by atoms with Gasteiger partial charge in [0.15, 0.2) is 6.10 Å². The van der Waals surface area contributed by atoms with E-state index in [1.807, 2.05) is 36.4 Å². The lowest BCUT2D eigenvalue weighted by Gasteiger charge is -2.10. The molecule has 5 heteroatoms. The third kappa shape index (κ3) is 4.22. The predicted molar refractivity (Wildman–Crippen MR) is 87.6 cm³/mol. The lowest BCUT2D eigenvalue weighted by Crippen LogP contribution is -2.07. The van der Waals surface area contributed by atoms with Gasteiger partial charge in [-0.3, -0.25) is 4.98 Å². The zero-order valence-corrected chi connectivity index (χ0v) is 13.1. The van der Waals surface area contributed by atoms with Crippen LogP contribution in [-0.2, 0) is 4.84 Å². The van der Waals surface area contributed by atoms with E-state index >= 15 is 0 Å². The number of aromatic nitrogens is 1. The molecule has 0 amide bonds. The van der Waals surface area contributed by atoms with Gasteiger partial charge in [-0.15, -0.1) is 0 Å². The molecule has 0 saturated carbocycles. The Labute approximate surface area is 135 Å². The van der Waals surface area contributed by atoms with Crippen LogP contribution in [0, 0.1) is 0 Å². The molecule has 0 N–H and O–H groups in total. The van der Waals surface area contributed by atoms with Gasteiger partial charge in [-0.25, -0.2) is 0 Å². The van der Waals surface area contributed by atoms with Gasteiger partial charge in [0.25, 0.3) is 0 Å². The number of hydrogen-bond donors (Lipinski definition) is 0. The molecule has 0 radical (unpaired) electrons. The second-order valence-corrected chi connectivity index (χ2v) is 5.35. The highest BCUT2D eigenvalue weighted by molar-refractivity contribution is 5.79. The maximum atomic E-state index is 5.66. The van der Waals surface area contributed by atoms with Gasteiger partial charge in [0.1, 0.15) is 11.5 Å². The first-order valence-electron chi connectivity index (χ1n) is 7.88. The second-order valence-electron chi connectivity index (χ2n) is 5.35. The van der Waals surface area contributed by atoms with Gasteiger partial charge in [0.05, 0.1) is 19.2 Å². The van der Waals surface area contributed by atoms with Crippen LogP contribution in [0.15, 0.2) is 53.9 Å². The van der Waals surface area contributed by atoms with Crippen molar-refractivity contribution in [3.8, 4) is 11.5 Å². The van der Waals surface area contributed by atoms with Gasteiger partial charge in [0, 0.05) is 6.20 Å². The second kappa shape index (κ2) is 7.63. The first-order valence-corrected chi connectivity index (χ1v) is 7.88. The summed E-state index contributed by atoms with van der Waals surface area (Å²) in [4.78, 5) is 9.47. The Morgan fingerprint density at radius 2 is 2.04 bits per heavy atom. The normalized spacial score (nSPS) is 16.6. The monoisotopic (exact) mass is 312 g/mol. The molecule has 0 aliphatic carbocycles. The Morgan fingerprint density at radius 1 is 1.17 bits per heavy atom. The summed E-state index contributed by atoms with van der Waals surface area (Å²) < 4.78 is 11.3. The molecule has 0 saturated heterocycles. The van der Waals surface area contributed by atoms with E-state index in [0.29, 0.717) is 18.1 Å². The van der Waals surface area contributed by atoms with Gasteiger partial charge < -0.3 is 14.3 Å². The lowest BCUT2D eigenvalue weighted by molar-refractivity contribution is 0.0855. The molecule has 1 aliphatic rings. The number of pyridine rings is 1. The zero-order valence-electron chi connectivity index (χ0n) is 13.1. The quantitative estimate of drug-likeness (QED) is 0.753. The summed E-state index contributed by atoms with van der Waals surface area (Å²) in [5.74, 6) is 2.11. The average Bonchev–Trinajstić information content (AvgIpc) is 3.05. The molecule has 0 spiro atoms. The van der Waals surface area contributed by atoms with Crippen molar-refractivity contribution >= 4 is 5.90 Å². The van der Waals surface area contributed by atoms with Crippen molar-refractivity contribution in [2.45, 2.75) is 32.3 Å². The first kappa shape index (κ1) is 15.3. The van der Waals surface area contributed by atoms with Crippen molar-refractivity contribution in [3.63, 3.8) is 0 Å². The summed E-state index contributed by atoms with van der Waals surface area (Å²) in [5.41, 5.74) is 1.06. The number of oxime groups is 1. The molecular weight excluding hydrogens is 292 g/mol. The average molecular weight is 312 g/mol. The van der Waals surface area contributed by atoms with Gasteiger partial charge in [-0.2, -0.15) is 0 Å². The van der Waals surface area contributed by atoms with Crippen LogP contribution in [0.3, 0.4) is 0 Å². The van der Waals surface area contributed by atoms with Crippen LogP contribution in [0.1, 0.15) is 37.9 Å². The van der Waals surface area contributed by atoms with Crippen molar-refractivity contribution in [2.24, 2.45) is 5.16 Å². The molecule has 1 aromatic heterocycles. The molecule has 2 heterocycles. The van der Waals surface area contributed by atoms with E-state index in [-0.39, 0.29) is 6.10 Å². The number of nitrogens with zero attached hydrogens (tertiary/aromatic N) is 2. The SMILES string of the molecule is CCCCOc1ccc([C@H]2CC(Oc3cccnc3)=NO2)cc1. The maximum absolute atomic E-state index is 5.66. The summed E-state index contributed by atoms with van der Waals surface area (Å²) in [7, 11) is 0. The van der Waals surface area contributed by atoms with Crippen LogP contribution in [0.4, 0.5) is 0 Å². The van der Waals surface area contributed by atoms with Crippen LogP contribution in [0.2, 0.25) is 0 Å². The summed E-state index contributed by atoms with van der Waals surface area (Å²) in [5, 5.41) is 4.01. The fraction of sp³-hybridized carbons (Fsp3) is 0.333. The Kier molecular flexibility index (Phi) is 5.09. The molecule has 3 rings (SSSR count). The van der Waals surface area contributed by atoms with Gasteiger partial charge in [-0.1, -0.05) is 30.6 Å². The summed E-state index contributed by atoms with van der Waals surface area (Å²) in [6, 6.07) is 11.6. The fourth-order valence-electron chi connectivity index (χ4n) is 2.25. The number of rotatable bonds is 6.